The van der Waals surface area contributed by atoms with Crippen molar-refractivity contribution in [1.82, 2.24) is 0 Å². The van der Waals surface area contributed by atoms with E-state index in [1.165, 1.54) is 20.7 Å². The minimum Gasteiger partial charge on any atom is -0.496 e. The molecule has 1 aromatic carbocycles. The smallest absolute Gasteiger partial charge is 0.387 e. The summed E-state index contributed by atoms with van der Waals surface area (Å²) in [6.07, 6.45) is 0. The predicted molar refractivity (Wildman–Crippen MR) is 81.2 cm³/mol. The van der Waals surface area contributed by atoms with E-state index in [1.807, 2.05) is 0 Å². The Bertz CT molecular complexity index is 513. The summed E-state index contributed by atoms with van der Waals surface area (Å²) >= 11 is 0. The van der Waals surface area contributed by atoms with Gasteiger partial charge in [-0.2, -0.15) is 8.78 Å². The Morgan fingerprint density at radius 3 is 2.14 bits per heavy atom. The third-order valence-electron chi connectivity index (χ3n) is 3.73. The van der Waals surface area contributed by atoms with Gasteiger partial charge < -0.3 is 19.2 Å². The summed E-state index contributed by atoms with van der Waals surface area (Å²) in [6.45, 7) is 5.41. The summed E-state index contributed by atoms with van der Waals surface area (Å²) in [5, 5.41) is 10.0. The molecule has 0 aliphatic heterocycles. The van der Waals surface area contributed by atoms with Gasteiger partial charge in [0.25, 0.3) is 0 Å². The molecule has 0 aromatic heterocycles. The number of methoxy groups -OCH3 is 1. The third kappa shape index (κ3) is 4.58. The quantitative estimate of drug-likeness (QED) is 0.785. The van der Waals surface area contributed by atoms with Gasteiger partial charge in [-0.15, -0.1) is 0 Å². The van der Waals surface area contributed by atoms with Crippen molar-refractivity contribution in [3.63, 3.8) is 0 Å². The first-order valence-electron chi connectivity index (χ1n) is 6.85. The molecule has 0 saturated carbocycles. The van der Waals surface area contributed by atoms with Crippen molar-refractivity contribution < 1.29 is 28.0 Å². The first-order valence-corrected chi connectivity index (χ1v) is 6.85. The molecule has 0 aliphatic rings. The van der Waals surface area contributed by atoms with Gasteiger partial charge in [-0.3, -0.25) is 0 Å². The summed E-state index contributed by atoms with van der Waals surface area (Å²) in [5.41, 5.74) is -0.979. The maximum atomic E-state index is 12.5. The van der Waals surface area contributed by atoms with Gasteiger partial charge in [0.1, 0.15) is 11.5 Å². The van der Waals surface area contributed by atoms with Crippen LogP contribution in [0.5, 0.6) is 11.5 Å². The maximum Gasteiger partial charge on any atom is 0.387 e. The van der Waals surface area contributed by atoms with E-state index in [4.69, 9.17) is 9.39 Å². The Hall–Kier alpha value is -1.34. The van der Waals surface area contributed by atoms with Crippen molar-refractivity contribution in [2.75, 3.05) is 7.11 Å². The molecule has 0 aliphatic carbocycles. The van der Waals surface area contributed by atoms with Crippen LogP contribution >= 0.6 is 0 Å². The highest BCUT2D eigenvalue weighted by Crippen LogP contribution is 2.28. The fourth-order valence-corrected chi connectivity index (χ4v) is 1.54. The van der Waals surface area contributed by atoms with E-state index in [-0.39, 0.29) is 5.75 Å². The second kappa shape index (κ2) is 6.83. The summed E-state index contributed by atoms with van der Waals surface area (Å²) in [4.78, 5) is 0. The van der Waals surface area contributed by atoms with E-state index in [1.54, 1.807) is 40.7 Å². The van der Waals surface area contributed by atoms with Crippen LogP contribution in [0.15, 0.2) is 12.1 Å². The van der Waals surface area contributed by atoms with Crippen molar-refractivity contribution in [2.24, 2.45) is 0 Å². The lowest BCUT2D eigenvalue weighted by atomic mass is 9.82. The van der Waals surface area contributed by atoms with Gasteiger partial charge in [0.05, 0.1) is 18.3 Å². The number of benzene rings is 1. The lowest BCUT2D eigenvalue weighted by Crippen LogP contribution is -2.49. The zero-order valence-electron chi connectivity index (χ0n) is 13.7. The second-order valence-electron chi connectivity index (χ2n) is 6.03. The van der Waals surface area contributed by atoms with Crippen molar-refractivity contribution in [2.45, 2.75) is 52.4 Å². The van der Waals surface area contributed by atoms with E-state index < -0.39 is 17.8 Å². The summed E-state index contributed by atoms with van der Waals surface area (Å²) < 4.78 is 40.2. The number of hydrogen-bond acceptors (Lipinski definition) is 4. The minimum atomic E-state index is -2.92. The lowest BCUT2D eigenvalue weighted by molar-refractivity contribution is -0.0893. The Morgan fingerprint density at radius 1 is 1.14 bits per heavy atom. The molecule has 123 valence electrons. The molecule has 1 rings (SSSR count). The van der Waals surface area contributed by atoms with E-state index in [9.17, 15) is 13.9 Å². The summed E-state index contributed by atoms with van der Waals surface area (Å²) in [5.74, 6) is 0.430. The number of halogens is 2. The summed E-state index contributed by atoms with van der Waals surface area (Å²) in [6, 6.07) is 3.08. The molecule has 1 aromatic rings. The SMILES string of the molecule is COc1cc([B]OC(C)(C)C(C)(C)O)cc(OC(F)F)c1C. The monoisotopic (exact) mass is 315 g/mol. The minimum absolute atomic E-state index is 0.0188. The molecule has 7 heteroatoms. The molecule has 1 N–H and O–H groups in total. The molecular formula is C15H22BF2O4. The van der Waals surface area contributed by atoms with Gasteiger partial charge in [-0.1, -0.05) is 0 Å². The highest BCUT2D eigenvalue weighted by molar-refractivity contribution is 6.47. The first kappa shape index (κ1) is 18.7. The number of alkyl halides is 2. The van der Waals surface area contributed by atoms with E-state index in [2.05, 4.69) is 4.74 Å². The predicted octanol–water partition coefficient (Wildman–Crippen LogP) is 2.42. The van der Waals surface area contributed by atoms with Crippen molar-refractivity contribution in [3.8, 4) is 11.5 Å². The van der Waals surface area contributed by atoms with Crippen molar-refractivity contribution in [3.05, 3.63) is 17.7 Å². The molecule has 0 bridgehead atoms. The molecule has 22 heavy (non-hydrogen) atoms. The van der Waals surface area contributed by atoms with Crippen molar-refractivity contribution >= 4 is 12.9 Å². The van der Waals surface area contributed by atoms with Crippen molar-refractivity contribution in [1.29, 1.82) is 0 Å². The highest BCUT2D eigenvalue weighted by atomic mass is 19.3. The van der Waals surface area contributed by atoms with Crippen LogP contribution < -0.4 is 14.9 Å². The van der Waals surface area contributed by atoms with Crippen LogP contribution in [0.3, 0.4) is 0 Å². The van der Waals surface area contributed by atoms with Crippen LogP contribution in [0.2, 0.25) is 0 Å². The Kier molecular flexibility index (Phi) is 5.81. The zero-order chi connectivity index (χ0) is 17.1. The van der Waals surface area contributed by atoms with Crippen LogP contribution in [-0.2, 0) is 4.65 Å². The molecule has 0 saturated heterocycles. The molecule has 0 spiro atoms. The maximum absolute atomic E-state index is 12.5. The number of ether oxygens (including phenoxy) is 2. The normalized spacial score (nSPS) is 12.5. The lowest BCUT2D eigenvalue weighted by Gasteiger charge is -2.37. The number of aliphatic hydroxyl groups is 1. The van der Waals surface area contributed by atoms with Crippen LogP contribution in [-0.4, -0.2) is 37.5 Å². The van der Waals surface area contributed by atoms with Crippen LogP contribution in [0, 0.1) is 6.92 Å². The number of rotatable bonds is 7. The largest absolute Gasteiger partial charge is 0.496 e. The average Bonchev–Trinajstić information content (AvgIpc) is 2.37. The third-order valence-corrected chi connectivity index (χ3v) is 3.73. The van der Waals surface area contributed by atoms with Gasteiger partial charge >= 0.3 is 14.1 Å². The van der Waals surface area contributed by atoms with Gasteiger partial charge in [0.2, 0.25) is 0 Å². The molecule has 0 fully saturated rings. The second-order valence-corrected chi connectivity index (χ2v) is 6.03. The van der Waals surface area contributed by atoms with Gasteiger partial charge in [0, 0.05) is 5.56 Å². The molecular weight excluding hydrogens is 293 g/mol. The van der Waals surface area contributed by atoms with Crippen LogP contribution in [0.1, 0.15) is 33.3 Å². The fraction of sp³-hybridized carbons (Fsp3) is 0.600. The standard InChI is InChI=1S/C15H22BF2O4/c1-9-11(20-6)7-10(8-12(9)21-13(17)18)16-22-15(4,5)14(2,3)19/h7-8,13,19H,1-6H3. The Morgan fingerprint density at radius 2 is 1.68 bits per heavy atom. The van der Waals surface area contributed by atoms with Gasteiger partial charge in [0.15, 0.2) is 0 Å². The summed E-state index contributed by atoms with van der Waals surface area (Å²) in [7, 11) is 2.83. The topological polar surface area (TPSA) is 47.9 Å². The fourth-order valence-electron chi connectivity index (χ4n) is 1.54. The van der Waals surface area contributed by atoms with Gasteiger partial charge in [-0.05, 0) is 52.2 Å². The Labute approximate surface area is 130 Å². The van der Waals surface area contributed by atoms with Crippen LogP contribution in [0.25, 0.3) is 0 Å². The van der Waals surface area contributed by atoms with Crippen LogP contribution in [0.4, 0.5) is 8.78 Å². The molecule has 4 nitrogen and oxygen atoms in total. The molecule has 0 amide bonds. The molecule has 0 unspecified atom stereocenters. The first-order chi connectivity index (χ1) is 9.98. The average molecular weight is 315 g/mol. The molecule has 0 atom stereocenters. The zero-order valence-corrected chi connectivity index (χ0v) is 13.7. The highest BCUT2D eigenvalue weighted by Gasteiger charge is 2.35. The molecule has 1 radical (unpaired) electrons. The molecule has 0 heterocycles. The van der Waals surface area contributed by atoms with Gasteiger partial charge in [-0.25, -0.2) is 0 Å². The van der Waals surface area contributed by atoms with E-state index >= 15 is 0 Å². The van der Waals surface area contributed by atoms with E-state index in [0.29, 0.717) is 16.8 Å². The number of hydrogen-bond donors (Lipinski definition) is 1. The van der Waals surface area contributed by atoms with E-state index in [0.717, 1.165) is 0 Å². The Balaban J connectivity index is 3.00.